The van der Waals surface area contributed by atoms with E-state index in [2.05, 4.69) is 98.9 Å². The summed E-state index contributed by atoms with van der Waals surface area (Å²) in [4.78, 5) is 36.9. The average molecular weight is 885 g/mol. The molecule has 1 aliphatic heterocycles. The van der Waals surface area contributed by atoms with Crippen LogP contribution in [-0.2, 0) is 33.3 Å². The number of carboxylic acids is 1. The van der Waals surface area contributed by atoms with Crippen molar-refractivity contribution >= 4 is 17.9 Å². The van der Waals surface area contributed by atoms with Crippen molar-refractivity contribution in [1.82, 2.24) is 0 Å². The maximum absolute atomic E-state index is 12.8. The number of carboxylic acid groups (broad SMARTS) is 1. The van der Waals surface area contributed by atoms with Gasteiger partial charge >= 0.3 is 17.9 Å². The molecule has 6 unspecified atom stereocenters. The van der Waals surface area contributed by atoms with Gasteiger partial charge in [0.05, 0.1) is 6.61 Å². The van der Waals surface area contributed by atoms with E-state index in [1.165, 1.54) is 44.9 Å². The van der Waals surface area contributed by atoms with Crippen molar-refractivity contribution in [2.75, 3.05) is 13.2 Å². The predicted molar refractivity (Wildman–Crippen MR) is 252 cm³/mol. The topological polar surface area (TPSA) is 169 Å². The molecule has 1 rings (SSSR count). The number of hydrogen-bond donors (Lipinski definition) is 4. The van der Waals surface area contributed by atoms with Gasteiger partial charge in [-0.3, -0.25) is 9.59 Å². The summed E-state index contributed by atoms with van der Waals surface area (Å²) in [7, 11) is 0. The Morgan fingerprint density at radius 3 is 1.43 bits per heavy atom. The molecule has 4 N–H and O–H groups in total. The van der Waals surface area contributed by atoms with E-state index in [9.17, 15) is 34.8 Å². The second-order valence-electron chi connectivity index (χ2n) is 16.2. The number of hydrogen-bond acceptors (Lipinski definition) is 10. The van der Waals surface area contributed by atoms with E-state index < -0.39 is 61.3 Å². The zero-order chi connectivity index (χ0) is 46.0. The molecular formula is C52H84O11. The van der Waals surface area contributed by atoms with E-state index in [0.29, 0.717) is 12.8 Å². The molecule has 0 aliphatic carbocycles. The number of carbonyl (C=O) groups excluding carboxylic acids is 2. The highest BCUT2D eigenvalue weighted by molar-refractivity contribution is 5.73. The maximum Gasteiger partial charge on any atom is 0.335 e. The largest absolute Gasteiger partial charge is 0.479 e. The van der Waals surface area contributed by atoms with Crippen LogP contribution in [0.25, 0.3) is 0 Å². The fraction of sp³-hybridized carbons (Fsp3) is 0.673. The molecule has 0 amide bonds. The van der Waals surface area contributed by atoms with E-state index in [0.717, 1.165) is 89.9 Å². The monoisotopic (exact) mass is 885 g/mol. The van der Waals surface area contributed by atoms with Crippen LogP contribution < -0.4 is 0 Å². The van der Waals surface area contributed by atoms with Crippen molar-refractivity contribution in [2.24, 2.45) is 0 Å². The molecule has 1 saturated heterocycles. The highest BCUT2D eigenvalue weighted by atomic mass is 16.7. The van der Waals surface area contributed by atoms with E-state index in [4.69, 9.17) is 18.9 Å². The molecule has 1 heterocycles. The molecule has 0 bridgehead atoms. The fourth-order valence-corrected chi connectivity index (χ4v) is 6.70. The minimum Gasteiger partial charge on any atom is -0.479 e. The van der Waals surface area contributed by atoms with Crippen LogP contribution in [0.15, 0.2) is 85.1 Å². The smallest absolute Gasteiger partial charge is 0.335 e. The minimum absolute atomic E-state index is 0.162. The van der Waals surface area contributed by atoms with Crippen LogP contribution in [0.1, 0.15) is 174 Å². The third kappa shape index (κ3) is 32.7. The molecule has 0 aromatic carbocycles. The second kappa shape index (κ2) is 41.1. The number of ether oxygens (including phenoxy) is 4. The van der Waals surface area contributed by atoms with Crippen LogP contribution in [0.4, 0.5) is 0 Å². The van der Waals surface area contributed by atoms with Crippen LogP contribution >= 0.6 is 0 Å². The Morgan fingerprint density at radius 1 is 0.508 bits per heavy atom. The molecule has 11 heteroatoms. The molecule has 0 aromatic heterocycles. The molecule has 11 nitrogen and oxygen atoms in total. The second-order valence-corrected chi connectivity index (χ2v) is 16.2. The predicted octanol–water partition coefficient (Wildman–Crippen LogP) is 11.0. The Balaban J connectivity index is 2.38. The number of aliphatic hydroxyl groups excluding tert-OH is 3. The van der Waals surface area contributed by atoms with Gasteiger partial charge in [-0.2, -0.15) is 0 Å². The van der Waals surface area contributed by atoms with Crippen LogP contribution in [-0.4, -0.2) is 88.4 Å². The van der Waals surface area contributed by atoms with Crippen molar-refractivity contribution in [3.63, 3.8) is 0 Å². The number of carbonyl (C=O) groups is 3. The Labute approximate surface area is 380 Å². The Morgan fingerprint density at radius 2 is 0.937 bits per heavy atom. The lowest BCUT2D eigenvalue weighted by atomic mass is 9.99. The summed E-state index contributed by atoms with van der Waals surface area (Å²) in [5.74, 6) is -2.51. The molecular weight excluding hydrogens is 801 g/mol. The van der Waals surface area contributed by atoms with Crippen molar-refractivity contribution in [2.45, 2.75) is 211 Å². The maximum atomic E-state index is 12.8. The fourth-order valence-electron chi connectivity index (χ4n) is 6.70. The Hall–Kier alpha value is -3.61. The number of allylic oxidation sites excluding steroid dienone is 14. The third-order valence-corrected chi connectivity index (χ3v) is 10.5. The van der Waals surface area contributed by atoms with Crippen molar-refractivity contribution in [3.05, 3.63) is 85.1 Å². The van der Waals surface area contributed by atoms with E-state index in [1.807, 2.05) is 0 Å². The van der Waals surface area contributed by atoms with Gasteiger partial charge in [-0.25, -0.2) is 4.79 Å². The van der Waals surface area contributed by atoms with Crippen LogP contribution in [0, 0.1) is 0 Å². The van der Waals surface area contributed by atoms with Crippen molar-refractivity contribution in [1.29, 1.82) is 0 Å². The average Bonchev–Trinajstić information content (AvgIpc) is 3.27. The van der Waals surface area contributed by atoms with Crippen LogP contribution in [0.3, 0.4) is 0 Å². The van der Waals surface area contributed by atoms with Gasteiger partial charge in [-0.05, 0) is 89.9 Å². The normalized spacial score (nSPS) is 20.2. The van der Waals surface area contributed by atoms with Crippen molar-refractivity contribution in [3.8, 4) is 0 Å². The summed E-state index contributed by atoms with van der Waals surface area (Å²) in [5.41, 5.74) is 0. The SMILES string of the molecule is CC/C=C\C/C=C\C/C=C\C/C=C\C/C=C\CCCCCC(=O)OCC(COC1OC(C(=O)O)C(O)C(O)C1O)OC(=O)CCCCCCCCC/C=C\C/C=C\CCCCCC. The Bertz CT molecular complexity index is 1360. The summed E-state index contributed by atoms with van der Waals surface area (Å²) < 4.78 is 21.7. The number of esters is 2. The van der Waals surface area contributed by atoms with Gasteiger partial charge in [0.2, 0.25) is 0 Å². The standard InChI is InChI=1S/C52H84O11/c1-3-5-7-9-11-13-15-17-19-21-23-25-26-28-30-32-34-36-38-40-45(53)60-42-44(43-61-52-49(57)47(55)48(56)50(63-52)51(58)59)62-46(54)41-39-37-35-33-31-29-27-24-22-20-18-16-14-12-10-8-6-4-2/h5,7,11,13-14,16-17,19-20,22-23,25,28,30,44,47-50,52,55-57H,3-4,6,8-10,12,15,18,21,24,26-27,29,31-43H2,1-2H3,(H,58,59)/b7-5-,13-11-,16-14-,19-17-,22-20-,25-23-,30-28-. The lowest BCUT2D eigenvalue weighted by Gasteiger charge is -2.38. The Kier molecular flexibility index (Phi) is 37.5. The first-order valence-electron chi connectivity index (χ1n) is 24.1. The first-order valence-corrected chi connectivity index (χ1v) is 24.1. The minimum atomic E-state index is -1.87. The molecule has 1 fully saturated rings. The summed E-state index contributed by atoms with van der Waals surface area (Å²) in [5, 5.41) is 39.9. The van der Waals surface area contributed by atoms with Crippen LogP contribution in [0.2, 0.25) is 0 Å². The quantitative estimate of drug-likeness (QED) is 0.0263. The number of aliphatic hydroxyl groups is 3. The summed E-state index contributed by atoms with van der Waals surface area (Å²) in [6.45, 7) is 3.65. The summed E-state index contributed by atoms with van der Waals surface area (Å²) in [6, 6.07) is 0. The summed E-state index contributed by atoms with van der Waals surface area (Å²) >= 11 is 0. The molecule has 0 radical (unpaired) electrons. The third-order valence-electron chi connectivity index (χ3n) is 10.5. The van der Waals surface area contributed by atoms with E-state index in [-0.39, 0.29) is 19.4 Å². The zero-order valence-corrected chi connectivity index (χ0v) is 38.8. The molecule has 6 atom stereocenters. The highest BCUT2D eigenvalue weighted by Gasteiger charge is 2.47. The molecule has 0 saturated carbocycles. The molecule has 0 aromatic rings. The van der Waals surface area contributed by atoms with E-state index >= 15 is 0 Å². The zero-order valence-electron chi connectivity index (χ0n) is 38.8. The lowest BCUT2D eigenvalue weighted by Crippen LogP contribution is -2.60. The first kappa shape index (κ1) is 57.4. The highest BCUT2D eigenvalue weighted by Crippen LogP contribution is 2.23. The lowest BCUT2D eigenvalue weighted by molar-refractivity contribution is -0.298. The van der Waals surface area contributed by atoms with Crippen LogP contribution in [0.5, 0.6) is 0 Å². The van der Waals surface area contributed by atoms with Gasteiger partial charge in [0, 0.05) is 12.8 Å². The van der Waals surface area contributed by atoms with Crippen molar-refractivity contribution < 1.29 is 53.8 Å². The molecule has 358 valence electrons. The van der Waals surface area contributed by atoms with Gasteiger partial charge in [0.1, 0.15) is 24.9 Å². The molecule has 0 spiro atoms. The number of unbranched alkanes of at least 4 members (excludes halogenated alkanes) is 14. The number of aliphatic carboxylic acids is 1. The van der Waals surface area contributed by atoms with Gasteiger partial charge < -0.3 is 39.4 Å². The van der Waals surface area contributed by atoms with Gasteiger partial charge in [-0.1, -0.05) is 157 Å². The molecule has 1 aliphatic rings. The van der Waals surface area contributed by atoms with Gasteiger partial charge in [0.25, 0.3) is 0 Å². The molecule has 63 heavy (non-hydrogen) atoms. The van der Waals surface area contributed by atoms with Gasteiger partial charge in [0.15, 0.2) is 18.5 Å². The van der Waals surface area contributed by atoms with Gasteiger partial charge in [-0.15, -0.1) is 0 Å². The first-order chi connectivity index (χ1) is 30.7. The number of rotatable bonds is 39. The van der Waals surface area contributed by atoms with E-state index in [1.54, 1.807) is 0 Å². The summed E-state index contributed by atoms with van der Waals surface area (Å²) in [6.07, 6.45) is 44.8.